The van der Waals surface area contributed by atoms with Crippen molar-refractivity contribution >= 4 is 29.8 Å². The third-order valence-corrected chi connectivity index (χ3v) is 14.0. The molecule has 1 aliphatic heterocycles. The van der Waals surface area contributed by atoms with Gasteiger partial charge in [0.25, 0.3) is 0 Å². The summed E-state index contributed by atoms with van der Waals surface area (Å²) >= 11 is 0. The molecule has 15 heteroatoms. The highest BCUT2D eigenvalue weighted by Gasteiger charge is 2.93. The van der Waals surface area contributed by atoms with Gasteiger partial charge in [0.1, 0.15) is 12.2 Å². The van der Waals surface area contributed by atoms with Crippen LogP contribution in [0, 0.1) is 34.5 Å². The summed E-state index contributed by atoms with van der Waals surface area (Å²) in [6.07, 6.45) is -5.56. The van der Waals surface area contributed by atoms with Crippen LogP contribution in [0.2, 0.25) is 0 Å². The lowest BCUT2D eigenvalue weighted by Crippen LogP contribution is -2.82. The summed E-state index contributed by atoms with van der Waals surface area (Å²) in [6.45, 7) is 8.33. The highest BCUT2D eigenvalue weighted by molar-refractivity contribution is 5.89. The Kier molecular flexibility index (Phi) is 10.1. The van der Waals surface area contributed by atoms with Crippen LogP contribution < -0.4 is 0 Å². The van der Waals surface area contributed by atoms with Crippen molar-refractivity contribution in [2.75, 3.05) is 48.1 Å². The van der Waals surface area contributed by atoms with E-state index in [2.05, 4.69) is 4.90 Å². The molecule has 1 heterocycles. The first-order valence-electron chi connectivity index (χ1n) is 19.0. The van der Waals surface area contributed by atoms with Gasteiger partial charge in [-0.1, -0.05) is 25.1 Å². The molecule has 6 unspecified atom stereocenters. The van der Waals surface area contributed by atoms with E-state index in [1.165, 1.54) is 34.8 Å². The SMILES string of the molecule is CCN1C[C@@]2(COC)C3C(OC)[C@H]4C1[C@@]3(C1C[C@@]3(OC(C)=O)C(OC(=O)c5ccccc5)C1[C@]4(OC(C)=O)[C@@H](OC(C)=O)[C@@H]3OC)[C@@H](OC)C[C@H]2OC(C)=O. The van der Waals surface area contributed by atoms with Gasteiger partial charge in [-0.15, -0.1) is 0 Å². The Labute approximate surface area is 320 Å². The van der Waals surface area contributed by atoms with Crippen LogP contribution in [-0.4, -0.2) is 137 Å². The van der Waals surface area contributed by atoms with Crippen LogP contribution in [0.4, 0.5) is 0 Å². The van der Waals surface area contributed by atoms with E-state index in [9.17, 15) is 24.0 Å². The van der Waals surface area contributed by atoms with Crippen LogP contribution in [0.25, 0.3) is 0 Å². The molecule has 0 aromatic heterocycles. The van der Waals surface area contributed by atoms with Crippen LogP contribution in [0.5, 0.6) is 0 Å². The van der Waals surface area contributed by atoms with Gasteiger partial charge in [-0.2, -0.15) is 0 Å². The minimum Gasteiger partial charge on any atom is -0.462 e. The quantitative estimate of drug-likeness (QED) is 0.224. The second-order valence-electron chi connectivity index (χ2n) is 16.1. The largest absolute Gasteiger partial charge is 0.462 e. The Balaban J connectivity index is 1.60. The minimum atomic E-state index is -1.77. The van der Waals surface area contributed by atoms with E-state index in [0.717, 1.165) is 0 Å². The van der Waals surface area contributed by atoms with Gasteiger partial charge in [-0.25, -0.2) is 4.79 Å². The van der Waals surface area contributed by atoms with Crippen LogP contribution in [0.1, 0.15) is 57.8 Å². The van der Waals surface area contributed by atoms with Crippen molar-refractivity contribution in [3.05, 3.63) is 35.9 Å². The Hall–Kier alpha value is -3.63. The number of piperidine rings is 1. The van der Waals surface area contributed by atoms with Gasteiger partial charge in [-0.3, -0.25) is 24.1 Å². The van der Waals surface area contributed by atoms with Crippen molar-refractivity contribution in [3.8, 4) is 0 Å². The fraction of sp³-hybridized carbons (Fsp3) is 0.725. The zero-order valence-electron chi connectivity index (χ0n) is 32.9. The average Bonchev–Trinajstić information content (AvgIpc) is 3.51. The predicted octanol–water partition coefficient (Wildman–Crippen LogP) is 2.36. The van der Waals surface area contributed by atoms with Crippen molar-refractivity contribution in [2.24, 2.45) is 34.5 Å². The molecular formula is C40H53NO14. The number of carbonyl (C=O) groups is 5. The van der Waals surface area contributed by atoms with Gasteiger partial charge in [0.15, 0.2) is 23.4 Å². The molecule has 302 valence electrons. The monoisotopic (exact) mass is 771 g/mol. The fourth-order valence-electron chi connectivity index (χ4n) is 13.4. The zero-order valence-corrected chi connectivity index (χ0v) is 32.9. The minimum absolute atomic E-state index is 0.0537. The van der Waals surface area contributed by atoms with E-state index in [-0.39, 0.29) is 18.6 Å². The number of hydrogen-bond acceptors (Lipinski definition) is 15. The third kappa shape index (κ3) is 5.21. The lowest BCUT2D eigenvalue weighted by Gasteiger charge is -2.70. The molecule has 7 rings (SSSR count). The molecule has 1 saturated heterocycles. The molecule has 6 fully saturated rings. The highest BCUT2D eigenvalue weighted by atomic mass is 16.7. The van der Waals surface area contributed by atoms with Crippen molar-refractivity contribution in [3.63, 3.8) is 0 Å². The molecule has 55 heavy (non-hydrogen) atoms. The summed E-state index contributed by atoms with van der Waals surface area (Å²) < 4.78 is 57.9. The zero-order chi connectivity index (χ0) is 39.8. The van der Waals surface area contributed by atoms with Gasteiger partial charge >= 0.3 is 29.8 Å². The number of hydrogen-bond donors (Lipinski definition) is 0. The Morgan fingerprint density at radius 2 is 1.42 bits per heavy atom. The topological polar surface area (TPSA) is 172 Å². The maximum atomic E-state index is 14.2. The third-order valence-electron chi connectivity index (χ3n) is 14.0. The maximum Gasteiger partial charge on any atom is 0.338 e. The first-order chi connectivity index (χ1) is 26.2. The second-order valence-corrected chi connectivity index (χ2v) is 16.1. The maximum absolute atomic E-state index is 14.2. The number of esters is 5. The van der Waals surface area contributed by atoms with Crippen LogP contribution >= 0.6 is 0 Å². The molecule has 1 aromatic carbocycles. The van der Waals surface area contributed by atoms with E-state index >= 15 is 0 Å². The number of methoxy groups -OCH3 is 4. The molecule has 5 saturated carbocycles. The number of benzene rings is 1. The molecule has 1 spiro atoms. The fourth-order valence-corrected chi connectivity index (χ4v) is 13.4. The van der Waals surface area contributed by atoms with E-state index < -0.39 is 118 Å². The molecule has 15 atom stereocenters. The first kappa shape index (κ1) is 39.6. The molecule has 5 aliphatic carbocycles. The molecule has 7 bridgehead atoms. The Bertz CT molecular complexity index is 1710. The van der Waals surface area contributed by atoms with Gasteiger partial charge < -0.3 is 42.6 Å². The van der Waals surface area contributed by atoms with Gasteiger partial charge in [0.2, 0.25) is 0 Å². The molecule has 0 N–H and O–H groups in total. The molecule has 15 nitrogen and oxygen atoms in total. The average molecular weight is 772 g/mol. The highest BCUT2D eigenvalue weighted by Crippen LogP contribution is 2.81. The smallest absolute Gasteiger partial charge is 0.338 e. The van der Waals surface area contributed by atoms with Crippen LogP contribution in [0.3, 0.4) is 0 Å². The summed E-state index contributed by atoms with van der Waals surface area (Å²) in [7, 11) is 6.23. The number of rotatable bonds is 12. The summed E-state index contributed by atoms with van der Waals surface area (Å²) in [6, 6.07) is 7.98. The number of nitrogens with zero attached hydrogens (tertiary/aromatic N) is 1. The molecule has 1 aromatic rings. The van der Waals surface area contributed by atoms with E-state index in [1.807, 2.05) is 6.92 Å². The normalized spacial score (nSPS) is 43.3. The van der Waals surface area contributed by atoms with E-state index in [4.69, 9.17) is 42.6 Å². The van der Waals surface area contributed by atoms with Crippen molar-refractivity contribution < 1.29 is 66.6 Å². The van der Waals surface area contributed by atoms with E-state index in [1.54, 1.807) is 51.7 Å². The van der Waals surface area contributed by atoms with E-state index in [0.29, 0.717) is 19.5 Å². The number of ether oxygens (including phenoxy) is 9. The molecule has 0 radical (unpaired) electrons. The molecule has 0 amide bonds. The summed E-state index contributed by atoms with van der Waals surface area (Å²) in [4.78, 5) is 69.8. The van der Waals surface area contributed by atoms with Crippen molar-refractivity contribution in [1.29, 1.82) is 0 Å². The number of likely N-dealkylation sites (tertiary alicyclic amines) is 1. The van der Waals surface area contributed by atoms with Gasteiger partial charge in [-0.05, 0) is 31.0 Å². The van der Waals surface area contributed by atoms with Crippen LogP contribution in [-0.2, 0) is 61.8 Å². The lowest BCUT2D eigenvalue weighted by molar-refractivity contribution is -0.325. The summed E-state index contributed by atoms with van der Waals surface area (Å²) in [5.74, 6) is -5.98. The number of fused-ring (bicyclic) bond motifs is 2. The van der Waals surface area contributed by atoms with Crippen molar-refractivity contribution in [2.45, 2.75) is 101 Å². The molecule has 6 aliphatic rings. The standard InChI is InChI=1S/C40H53NO14/c1-10-41-18-37(19-47-6)26(51-20(2)42)16-27(48-7)39-25-17-38(54-22(4)44)33(53-36(46)24-14-12-11-13-15-24)28(25)40(55-23(5)45,35(34(38)50-9)52-21(3)43)29(32(39)41)30(49-8)31(37)39/h11-15,25-35H,10,16-19H2,1-9H3/t25?,26-,27+,28?,29+,30?,31?,32?,33?,34+,35+,37+,38-,39+,40-/m1/s1. The Morgan fingerprint density at radius 3 is 1.96 bits per heavy atom. The van der Waals surface area contributed by atoms with Gasteiger partial charge in [0.05, 0.1) is 24.4 Å². The lowest BCUT2D eigenvalue weighted by atomic mass is 9.42. The Morgan fingerprint density at radius 1 is 0.745 bits per heavy atom. The number of carbonyl (C=O) groups excluding carboxylic acids is 5. The summed E-state index contributed by atoms with van der Waals surface area (Å²) in [5.41, 5.74) is -5.03. The predicted molar refractivity (Wildman–Crippen MR) is 189 cm³/mol. The van der Waals surface area contributed by atoms with Crippen LogP contribution in [0.15, 0.2) is 30.3 Å². The first-order valence-corrected chi connectivity index (χ1v) is 19.0. The second kappa shape index (κ2) is 14.1. The molecular weight excluding hydrogens is 718 g/mol. The summed E-state index contributed by atoms with van der Waals surface area (Å²) in [5, 5.41) is 0. The van der Waals surface area contributed by atoms with Gasteiger partial charge in [0, 0.05) is 104 Å². The van der Waals surface area contributed by atoms with Crippen molar-refractivity contribution in [1.82, 2.24) is 4.90 Å².